The smallest absolute Gasteiger partial charge is 0.325 e. The number of nitrogens with one attached hydrogen (secondary N) is 2. The molecule has 0 aliphatic carbocycles. The van der Waals surface area contributed by atoms with Crippen molar-refractivity contribution in [1.82, 2.24) is 15.5 Å². The molecule has 136 valence electrons. The van der Waals surface area contributed by atoms with Crippen molar-refractivity contribution in [3.63, 3.8) is 0 Å². The van der Waals surface area contributed by atoms with E-state index >= 15 is 0 Å². The van der Waals surface area contributed by atoms with Crippen LogP contribution in [0.5, 0.6) is 0 Å². The van der Waals surface area contributed by atoms with Gasteiger partial charge in [-0.3, -0.25) is 29.3 Å². The maximum Gasteiger partial charge on any atom is 0.325 e. The molecule has 4 amide bonds. The Labute approximate surface area is 148 Å². The number of hydrogen-bond acceptors (Lipinski definition) is 5. The van der Waals surface area contributed by atoms with Crippen LogP contribution in [0.1, 0.15) is 46.0 Å². The Kier molecular flexibility index (Phi) is 4.45. The van der Waals surface area contributed by atoms with Crippen molar-refractivity contribution in [2.75, 3.05) is 0 Å². The van der Waals surface area contributed by atoms with Gasteiger partial charge in [0, 0.05) is 24.1 Å². The number of hydrogen-bond donors (Lipinski definition) is 3. The van der Waals surface area contributed by atoms with E-state index in [-0.39, 0.29) is 30.9 Å². The molecule has 2 aliphatic rings. The van der Waals surface area contributed by atoms with Gasteiger partial charge in [-0.2, -0.15) is 0 Å². The molecule has 2 atom stereocenters. The highest BCUT2D eigenvalue weighted by molar-refractivity contribution is 6.06. The van der Waals surface area contributed by atoms with Gasteiger partial charge < -0.3 is 15.3 Å². The number of carbonyl (C=O) groups excluding carboxylic acids is 4. The summed E-state index contributed by atoms with van der Waals surface area (Å²) in [5.41, 5.74) is 1.13. The molecule has 1 unspecified atom stereocenters. The standard InChI is InChI=1S/C17H17N3O6/c1-8(17(25)26)18-14(22)9-2-3-10-7-20(16(24)11(10)6-9)12-4-5-13(21)19-15(12)23/h2-3,6,8,12H,4-5,7H2,1H3,(H,18,22)(H,25,26)(H,19,21,23)/t8-,12?/m0/s1. The zero-order chi connectivity index (χ0) is 19.0. The number of carboxylic acids is 1. The van der Waals surface area contributed by atoms with Crippen LogP contribution in [-0.2, 0) is 20.9 Å². The van der Waals surface area contributed by atoms with Gasteiger partial charge in [-0.05, 0) is 31.0 Å². The molecule has 1 aromatic carbocycles. The summed E-state index contributed by atoms with van der Waals surface area (Å²) >= 11 is 0. The number of aliphatic carboxylic acids is 1. The average molecular weight is 359 g/mol. The molecule has 1 aromatic rings. The van der Waals surface area contributed by atoms with Gasteiger partial charge in [-0.15, -0.1) is 0 Å². The molecule has 9 heteroatoms. The Bertz CT molecular complexity index is 834. The van der Waals surface area contributed by atoms with Crippen LogP contribution >= 0.6 is 0 Å². The Morgan fingerprint density at radius 1 is 1.31 bits per heavy atom. The zero-order valence-electron chi connectivity index (χ0n) is 13.9. The highest BCUT2D eigenvalue weighted by atomic mass is 16.4. The Morgan fingerprint density at radius 2 is 2.04 bits per heavy atom. The largest absolute Gasteiger partial charge is 0.480 e. The third kappa shape index (κ3) is 3.15. The number of amides is 4. The molecule has 1 fully saturated rings. The lowest BCUT2D eigenvalue weighted by Crippen LogP contribution is -2.52. The first-order chi connectivity index (χ1) is 12.3. The van der Waals surface area contributed by atoms with Gasteiger partial charge in [-0.1, -0.05) is 6.07 Å². The molecule has 1 saturated heterocycles. The van der Waals surface area contributed by atoms with Gasteiger partial charge in [0.1, 0.15) is 12.1 Å². The first kappa shape index (κ1) is 17.6. The molecule has 2 heterocycles. The third-order valence-electron chi connectivity index (χ3n) is 4.51. The van der Waals surface area contributed by atoms with Gasteiger partial charge in [-0.25, -0.2) is 0 Å². The molecule has 0 spiro atoms. The van der Waals surface area contributed by atoms with Gasteiger partial charge in [0.2, 0.25) is 11.8 Å². The Morgan fingerprint density at radius 3 is 2.69 bits per heavy atom. The van der Waals surface area contributed by atoms with Crippen LogP contribution < -0.4 is 10.6 Å². The minimum atomic E-state index is -1.17. The number of imide groups is 1. The van der Waals surface area contributed by atoms with Gasteiger partial charge in [0.05, 0.1) is 0 Å². The summed E-state index contributed by atoms with van der Waals surface area (Å²) in [5.74, 6) is -3.03. The van der Waals surface area contributed by atoms with E-state index in [1.54, 1.807) is 6.07 Å². The van der Waals surface area contributed by atoms with E-state index in [2.05, 4.69) is 10.6 Å². The molecule has 0 aromatic heterocycles. The molecule has 0 bridgehead atoms. The maximum atomic E-state index is 12.7. The number of benzene rings is 1. The summed E-state index contributed by atoms with van der Waals surface area (Å²) in [7, 11) is 0. The van der Waals surface area contributed by atoms with Crippen molar-refractivity contribution >= 4 is 29.6 Å². The Hall–Kier alpha value is -3.23. The molecular weight excluding hydrogens is 342 g/mol. The normalized spacial score (nSPS) is 20.4. The van der Waals surface area contributed by atoms with E-state index in [4.69, 9.17) is 5.11 Å². The van der Waals surface area contributed by atoms with E-state index in [0.717, 1.165) is 0 Å². The van der Waals surface area contributed by atoms with E-state index in [0.29, 0.717) is 11.1 Å². The molecule has 9 nitrogen and oxygen atoms in total. The predicted octanol–water partition coefficient (Wildman–Crippen LogP) is -0.349. The lowest BCUT2D eigenvalue weighted by atomic mass is 10.0. The van der Waals surface area contributed by atoms with Crippen LogP contribution in [0.4, 0.5) is 0 Å². The SMILES string of the molecule is C[C@H](NC(=O)c1ccc2c(c1)C(=O)N(C1CCC(=O)NC1=O)C2)C(=O)O. The van der Waals surface area contributed by atoms with Crippen LogP contribution in [0, 0.1) is 0 Å². The predicted molar refractivity (Wildman–Crippen MR) is 87.1 cm³/mol. The summed E-state index contributed by atoms with van der Waals surface area (Å²) in [6.07, 6.45) is 0.422. The third-order valence-corrected chi connectivity index (χ3v) is 4.51. The quantitative estimate of drug-likeness (QED) is 0.630. The lowest BCUT2D eigenvalue weighted by molar-refractivity contribution is -0.139. The molecule has 3 N–H and O–H groups in total. The minimum Gasteiger partial charge on any atom is -0.480 e. The van der Waals surface area contributed by atoms with Gasteiger partial charge in [0.25, 0.3) is 11.8 Å². The summed E-state index contributed by atoms with van der Waals surface area (Å²) in [6, 6.07) is 2.72. The second-order valence-electron chi connectivity index (χ2n) is 6.31. The zero-order valence-corrected chi connectivity index (χ0v) is 13.9. The van der Waals surface area contributed by atoms with E-state index in [1.807, 2.05) is 0 Å². The minimum absolute atomic E-state index is 0.162. The summed E-state index contributed by atoms with van der Waals surface area (Å²) < 4.78 is 0. The van der Waals surface area contributed by atoms with Crippen molar-refractivity contribution in [3.05, 3.63) is 34.9 Å². The number of nitrogens with zero attached hydrogens (tertiary/aromatic N) is 1. The number of piperidine rings is 1. The number of carbonyl (C=O) groups is 5. The lowest BCUT2D eigenvalue weighted by Gasteiger charge is -2.29. The van der Waals surface area contributed by atoms with Gasteiger partial charge in [0.15, 0.2) is 0 Å². The first-order valence-electron chi connectivity index (χ1n) is 8.09. The first-order valence-corrected chi connectivity index (χ1v) is 8.09. The molecule has 0 saturated carbocycles. The summed E-state index contributed by atoms with van der Waals surface area (Å²) in [5, 5.41) is 13.4. The second-order valence-corrected chi connectivity index (χ2v) is 6.31. The van der Waals surface area contributed by atoms with Crippen molar-refractivity contribution in [2.45, 2.75) is 38.4 Å². The van der Waals surface area contributed by atoms with Crippen molar-refractivity contribution in [3.8, 4) is 0 Å². The fourth-order valence-electron chi connectivity index (χ4n) is 3.04. The van der Waals surface area contributed by atoms with E-state index in [1.165, 1.54) is 24.0 Å². The molecule has 26 heavy (non-hydrogen) atoms. The topological polar surface area (TPSA) is 133 Å². The van der Waals surface area contributed by atoms with Crippen molar-refractivity contribution < 1.29 is 29.1 Å². The molecule has 3 rings (SSSR count). The number of carboxylic acid groups (broad SMARTS) is 1. The average Bonchev–Trinajstić information content (AvgIpc) is 2.91. The fraction of sp³-hybridized carbons (Fsp3) is 0.353. The fourth-order valence-corrected chi connectivity index (χ4v) is 3.04. The van der Waals surface area contributed by atoms with E-state index in [9.17, 15) is 24.0 Å². The highest BCUT2D eigenvalue weighted by Gasteiger charge is 2.39. The maximum absolute atomic E-state index is 12.7. The monoisotopic (exact) mass is 359 g/mol. The molecular formula is C17H17N3O6. The second kappa shape index (κ2) is 6.58. The van der Waals surface area contributed by atoms with Crippen LogP contribution in [0.25, 0.3) is 0 Å². The number of rotatable bonds is 4. The Balaban J connectivity index is 1.79. The highest BCUT2D eigenvalue weighted by Crippen LogP contribution is 2.28. The van der Waals surface area contributed by atoms with Crippen LogP contribution in [0.3, 0.4) is 0 Å². The van der Waals surface area contributed by atoms with Crippen LogP contribution in [0.15, 0.2) is 18.2 Å². The molecule has 0 radical (unpaired) electrons. The number of fused-ring (bicyclic) bond motifs is 1. The van der Waals surface area contributed by atoms with Crippen molar-refractivity contribution in [2.24, 2.45) is 0 Å². The molecule has 2 aliphatic heterocycles. The van der Waals surface area contributed by atoms with Crippen LogP contribution in [0.2, 0.25) is 0 Å². The summed E-state index contributed by atoms with van der Waals surface area (Å²) in [6.45, 7) is 1.55. The summed E-state index contributed by atoms with van der Waals surface area (Å²) in [4.78, 5) is 60.3. The van der Waals surface area contributed by atoms with Crippen LogP contribution in [-0.4, -0.2) is 51.7 Å². The van der Waals surface area contributed by atoms with E-state index < -0.39 is 35.8 Å². The van der Waals surface area contributed by atoms with Gasteiger partial charge >= 0.3 is 5.97 Å². The van der Waals surface area contributed by atoms with Crippen molar-refractivity contribution in [1.29, 1.82) is 0 Å².